The van der Waals surface area contributed by atoms with Crippen LogP contribution in [0.5, 0.6) is 5.75 Å². The highest BCUT2D eigenvalue weighted by Gasteiger charge is 2.29. The summed E-state index contributed by atoms with van der Waals surface area (Å²) in [5.41, 5.74) is 0.694. The molecule has 0 aliphatic heterocycles. The van der Waals surface area contributed by atoms with Crippen LogP contribution in [0.15, 0.2) is 42.5 Å². The Morgan fingerprint density at radius 1 is 1.08 bits per heavy atom. The second kappa shape index (κ2) is 7.44. The Morgan fingerprint density at radius 3 is 2.28 bits per heavy atom. The summed E-state index contributed by atoms with van der Waals surface area (Å²) in [5, 5.41) is 14.8. The third-order valence-corrected chi connectivity index (χ3v) is 3.69. The number of carboxylic acid groups (broad SMARTS) is 1. The van der Waals surface area contributed by atoms with E-state index in [4.69, 9.17) is 21.4 Å². The first-order chi connectivity index (χ1) is 11.7. The van der Waals surface area contributed by atoms with Crippen LogP contribution in [0.1, 0.15) is 19.4 Å². The van der Waals surface area contributed by atoms with Crippen molar-refractivity contribution >= 4 is 35.0 Å². The molecular weight excluding hydrogens is 344 g/mol. The molecule has 2 aromatic rings. The second-order valence-corrected chi connectivity index (χ2v) is 6.41. The van der Waals surface area contributed by atoms with Gasteiger partial charge in [0.2, 0.25) is 0 Å². The molecule has 7 heteroatoms. The molecule has 0 saturated carbocycles. The maximum atomic E-state index is 12.0. The molecule has 132 valence electrons. The van der Waals surface area contributed by atoms with Crippen LogP contribution in [0.4, 0.5) is 16.2 Å². The lowest BCUT2D eigenvalue weighted by Gasteiger charge is -2.21. The zero-order valence-corrected chi connectivity index (χ0v) is 14.8. The van der Waals surface area contributed by atoms with Crippen LogP contribution in [0.25, 0.3) is 0 Å². The molecule has 0 unspecified atom stereocenters. The van der Waals surface area contributed by atoms with Crippen LogP contribution in [0.3, 0.4) is 0 Å². The Hall–Kier alpha value is -2.73. The average Bonchev–Trinajstić information content (AvgIpc) is 2.51. The fraction of sp³-hybridized carbons (Fsp3) is 0.222. The van der Waals surface area contributed by atoms with Gasteiger partial charge in [0, 0.05) is 5.69 Å². The van der Waals surface area contributed by atoms with Gasteiger partial charge in [-0.05, 0) is 62.7 Å². The number of nitrogens with one attached hydrogen (secondary N) is 2. The maximum absolute atomic E-state index is 12.0. The molecule has 0 saturated heterocycles. The number of ether oxygens (including phenoxy) is 1. The highest BCUT2D eigenvalue weighted by Crippen LogP contribution is 2.24. The van der Waals surface area contributed by atoms with E-state index >= 15 is 0 Å². The molecule has 6 nitrogen and oxygen atoms in total. The lowest BCUT2D eigenvalue weighted by atomic mass is 10.1. The summed E-state index contributed by atoms with van der Waals surface area (Å²) >= 11 is 6.08. The number of carbonyl (C=O) groups is 2. The first-order valence-electron chi connectivity index (χ1n) is 7.54. The Kier molecular flexibility index (Phi) is 5.54. The zero-order chi connectivity index (χ0) is 18.6. The topological polar surface area (TPSA) is 87.7 Å². The van der Waals surface area contributed by atoms with Crippen molar-refractivity contribution in [3.05, 3.63) is 53.1 Å². The van der Waals surface area contributed by atoms with E-state index in [9.17, 15) is 9.59 Å². The van der Waals surface area contributed by atoms with Crippen LogP contribution < -0.4 is 15.4 Å². The van der Waals surface area contributed by atoms with E-state index in [1.807, 2.05) is 13.0 Å². The molecule has 0 spiro atoms. The van der Waals surface area contributed by atoms with Gasteiger partial charge in [0.15, 0.2) is 5.60 Å². The highest BCUT2D eigenvalue weighted by molar-refractivity contribution is 6.33. The number of carboxylic acids is 1. The number of hydrogen-bond acceptors (Lipinski definition) is 3. The maximum Gasteiger partial charge on any atom is 0.347 e. The van der Waals surface area contributed by atoms with Crippen molar-refractivity contribution in [3.8, 4) is 5.75 Å². The molecule has 2 rings (SSSR count). The summed E-state index contributed by atoms with van der Waals surface area (Å²) in [6.07, 6.45) is 0. The summed E-state index contributed by atoms with van der Waals surface area (Å²) in [6, 6.07) is 11.3. The first-order valence-corrected chi connectivity index (χ1v) is 7.92. The number of halogens is 1. The lowest BCUT2D eigenvalue weighted by molar-refractivity contribution is -0.152. The van der Waals surface area contributed by atoms with Crippen molar-refractivity contribution in [2.45, 2.75) is 26.4 Å². The second-order valence-electron chi connectivity index (χ2n) is 6.00. The van der Waals surface area contributed by atoms with Crippen LogP contribution in [-0.2, 0) is 4.79 Å². The number of benzene rings is 2. The van der Waals surface area contributed by atoms with Crippen LogP contribution >= 0.6 is 11.6 Å². The van der Waals surface area contributed by atoms with Crippen LogP contribution in [-0.4, -0.2) is 22.7 Å². The molecule has 0 atom stereocenters. The normalized spacial score (nSPS) is 10.9. The van der Waals surface area contributed by atoms with Gasteiger partial charge in [-0.15, -0.1) is 0 Å². The van der Waals surface area contributed by atoms with E-state index in [-0.39, 0.29) is 0 Å². The van der Waals surface area contributed by atoms with E-state index in [1.165, 1.54) is 13.8 Å². The van der Waals surface area contributed by atoms with E-state index in [0.717, 1.165) is 5.56 Å². The molecule has 0 aliphatic rings. The minimum atomic E-state index is -1.34. The quantitative estimate of drug-likeness (QED) is 0.728. The third-order valence-electron chi connectivity index (χ3n) is 3.37. The summed E-state index contributed by atoms with van der Waals surface area (Å²) in [5.74, 6) is -0.677. The predicted octanol–water partition coefficient (Wildman–Crippen LogP) is 4.53. The molecule has 0 radical (unpaired) electrons. The average molecular weight is 363 g/mol. The molecule has 3 N–H and O–H groups in total. The number of hydrogen-bond donors (Lipinski definition) is 3. The number of rotatable bonds is 5. The SMILES string of the molecule is Cc1ccc(NC(=O)Nc2ccc(OC(C)(C)C(=O)O)cc2)c(Cl)c1. The molecule has 0 aliphatic carbocycles. The number of amides is 2. The van der Waals surface area contributed by atoms with E-state index in [2.05, 4.69) is 10.6 Å². The lowest BCUT2D eigenvalue weighted by Crippen LogP contribution is -2.37. The Labute approximate surface area is 150 Å². The molecule has 0 heterocycles. The summed E-state index contributed by atoms with van der Waals surface area (Å²) in [4.78, 5) is 23.1. The van der Waals surface area contributed by atoms with Crippen molar-refractivity contribution in [3.63, 3.8) is 0 Å². The van der Waals surface area contributed by atoms with Gasteiger partial charge in [0.25, 0.3) is 0 Å². The molecule has 0 fully saturated rings. The minimum Gasteiger partial charge on any atom is -0.478 e. The van der Waals surface area contributed by atoms with Gasteiger partial charge >= 0.3 is 12.0 Å². The number of urea groups is 1. The Balaban J connectivity index is 1.98. The smallest absolute Gasteiger partial charge is 0.347 e. The van der Waals surface area contributed by atoms with Gasteiger partial charge in [-0.25, -0.2) is 9.59 Å². The predicted molar refractivity (Wildman–Crippen MR) is 97.6 cm³/mol. The van der Waals surface area contributed by atoms with Gasteiger partial charge in [0.05, 0.1) is 10.7 Å². The summed E-state index contributed by atoms with van der Waals surface area (Å²) < 4.78 is 5.40. The van der Waals surface area contributed by atoms with Crippen molar-refractivity contribution in [1.29, 1.82) is 0 Å². The Morgan fingerprint density at radius 2 is 1.72 bits per heavy atom. The van der Waals surface area contributed by atoms with Crippen LogP contribution in [0, 0.1) is 6.92 Å². The molecule has 0 bridgehead atoms. The number of anilines is 2. The monoisotopic (exact) mass is 362 g/mol. The zero-order valence-electron chi connectivity index (χ0n) is 14.1. The highest BCUT2D eigenvalue weighted by atomic mass is 35.5. The Bertz CT molecular complexity index is 788. The van der Waals surface area contributed by atoms with Crippen molar-refractivity contribution in [2.24, 2.45) is 0 Å². The fourth-order valence-corrected chi connectivity index (χ4v) is 2.23. The van der Waals surface area contributed by atoms with Gasteiger partial charge < -0.3 is 20.5 Å². The van der Waals surface area contributed by atoms with Crippen molar-refractivity contribution < 1.29 is 19.4 Å². The number of aliphatic carboxylic acids is 1. The van der Waals surface area contributed by atoms with E-state index in [1.54, 1.807) is 36.4 Å². The molecule has 2 amide bonds. The largest absolute Gasteiger partial charge is 0.478 e. The molecule has 0 aromatic heterocycles. The fourth-order valence-electron chi connectivity index (χ4n) is 1.95. The summed E-state index contributed by atoms with van der Waals surface area (Å²) in [6.45, 7) is 4.82. The molecular formula is C18H19ClN2O4. The molecule has 25 heavy (non-hydrogen) atoms. The van der Waals surface area contributed by atoms with Crippen LogP contribution in [0.2, 0.25) is 5.02 Å². The van der Waals surface area contributed by atoms with Gasteiger partial charge in [-0.1, -0.05) is 17.7 Å². The van der Waals surface area contributed by atoms with Gasteiger partial charge in [0.1, 0.15) is 5.75 Å². The van der Waals surface area contributed by atoms with E-state index < -0.39 is 17.6 Å². The number of aryl methyl sites for hydroxylation is 1. The van der Waals surface area contributed by atoms with Gasteiger partial charge in [-0.2, -0.15) is 0 Å². The first kappa shape index (κ1) is 18.6. The standard InChI is InChI=1S/C18H19ClN2O4/c1-11-4-9-15(14(19)10-11)21-17(24)20-12-5-7-13(8-6-12)25-18(2,3)16(22)23/h4-10H,1-3H3,(H,22,23)(H2,20,21,24). The van der Waals surface area contributed by atoms with Crippen molar-refractivity contribution in [2.75, 3.05) is 10.6 Å². The molecule has 2 aromatic carbocycles. The minimum absolute atomic E-state index is 0.389. The van der Waals surface area contributed by atoms with Crippen molar-refractivity contribution in [1.82, 2.24) is 0 Å². The number of carbonyl (C=O) groups excluding carboxylic acids is 1. The van der Waals surface area contributed by atoms with E-state index in [0.29, 0.717) is 22.1 Å². The van der Waals surface area contributed by atoms with Gasteiger partial charge in [-0.3, -0.25) is 0 Å². The third kappa shape index (κ3) is 5.12. The summed E-state index contributed by atoms with van der Waals surface area (Å²) in [7, 11) is 0.